The van der Waals surface area contributed by atoms with E-state index in [-0.39, 0.29) is 5.91 Å². The molecule has 1 aromatic heterocycles. The van der Waals surface area contributed by atoms with E-state index in [0.29, 0.717) is 18.9 Å². The van der Waals surface area contributed by atoms with Crippen molar-refractivity contribution < 1.29 is 4.79 Å². The summed E-state index contributed by atoms with van der Waals surface area (Å²) in [6, 6.07) is 11.7. The van der Waals surface area contributed by atoms with Crippen LogP contribution in [-0.4, -0.2) is 10.9 Å². The van der Waals surface area contributed by atoms with E-state index in [2.05, 4.69) is 31.5 Å². The third-order valence-corrected chi connectivity index (χ3v) is 3.47. The van der Waals surface area contributed by atoms with Gasteiger partial charge in [-0.25, -0.2) is 4.98 Å². The Labute approximate surface area is 139 Å². The Morgan fingerprint density at radius 3 is 2.77 bits per heavy atom. The van der Waals surface area contributed by atoms with E-state index in [1.54, 1.807) is 6.20 Å². The van der Waals surface area contributed by atoms with Gasteiger partial charge in [-0.3, -0.25) is 4.79 Å². The monoisotopic (exact) mass is 361 g/mol. The smallest absolute Gasteiger partial charge is 0.224 e. The molecule has 5 heteroatoms. The third kappa shape index (κ3) is 5.48. The quantitative estimate of drug-likeness (QED) is 0.799. The van der Waals surface area contributed by atoms with E-state index in [0.717, 1.165) is 21.5 Å². The molecule has 2 N–H and O–H groups in total. The number of aromatic nitrogens is 1. The van der Waals surface area contributed by atoms with E-state index < -0.39 is 0 Å². The molecule has 0 aliphatic heterocycles. The van der Waals surface area contributed by atoms with Crippen molar-refractivity contribution in [2.24, 2.45) is 5.92 Å². The summed E-state index contributed by atoms with van der Waals surface area (Å²) < 4.78 is 0.952. The predicted octanol–water partition coefficient (Wildman–Crippen LogP) is 4.44. The van der Waals surface area contributed by atoms with Crippen LogP contribution in [0.4, 0.5) is 11.5 Å². The summed E-state index contributed by atoms with van der Waals surface area (Å²) in [5, 5.41) is 6.19. The fourth-order valence-electron chi connectivity index (χ4n) is 2.01. The van der Waals surface area contributed by atoms with Crippen LogP contribution in [-0.2, 0) is 11.3 Å². The maximum atomic E-state index is 11.8. The Bertz CT molecular complexity index is 626. The highest BCUT2D eigenvalue weighted by molar-refractivity contribution is 9.10. The van der Waals surface area contributed by atoms with Gasteiger partial charge in [-0.05, 0) is 51.7 Å². The summed E-state index contributed by atoms with van der Waals surface area (Å²) in [4.78, 5) is 16.1. The Balaban J connectivity index is 1.93. The van der Waals surface area contributed by atoms with Crippen molar-refractivity contribution in [3.63, 3.8) is 0 Å². The number of amides is 1. The van der Waals surface area contributed by atoms with Gasteiger partial charge >= 0.3 is 0 Å². The van der Waals surface area contributed by atoms with E-state index in [1.165, 1.54) is 0 Å². The van der Waals surface area contributed by atoms with Crippen molar-refractivity contribution in [3.05, 3.63) is 52.6 Å². The first kappa shape index (κ1) is 16.5. The number of benzene rings is 1. The number of nitrogens with zero attached hydrogens (tertiary/aromatic N) is 1. The van der Waals surface area contributed by atoms with Gasteiger partial charge in [0.1, 0.15) is 5.82 Å². The number of anilines is 2. The van der Waals surface area contributed by atoms with E-state index in [4.69, 9.17) is 0 Å². The van der Waals surface area contributed by atoms with Gasteiger partial charge in [0.05, 0.1) is 0 Å². The average molecular weight is 362 g/mol. The van der Waals surface area contributed by atoms with E-state index >= 15 is 0 Å². The molecule has 0 unspecified atom stereocenters. The zero-order chi connectivity index (χ0) is 15.9. The molecule has 0 aliphatic carbocycles. The topological polar surface area (TPSA) is 54.0 Å². The van der Waals surface area contributed by atoms with Crippen molar-refractivity contribution in [2.45, 2.75) is 26.8 Å². The zero-order valence-corrected chi connectivity index (χ0v) is 14.4. The molecule has 2 aromatic rings. The van der Waals surface area contributed by atoms with Gasteiger partial charge in [-0.2, -0.15) is 0 Å². The van der Waals surface area contributed by atoms with E-state index in [1.807, 2.05) is 50.2 Å². The lowest BCUT2D eigenvalue weighted by molar-refractivity contribution is -0.116. The first-order valence-corrected chi connectivity index (χ1v) is 8.06. The molecule has 116 valence electrons. The summed E-state index contributed by atoms with van der Waals surface area (Å²) in [5.74, 6) is 1.22. The number of nitrogens with one attached hydrogen (secondary N) is 2. The predicted molar refractivity (Wildman–Crippen MR) is 93.8 cm³/mol. The van der Waals surface area contributed by atoms with Crippen LogP contribution in [0.5, 0.6) is 0 Å². The molecule has 2 rings (SSSR count). The highest BCUT2D eigenvalue weighted by atomic mass is 79.9. The Hall–Kier alpha value is -1.88. The largest absolute Gasteiger partial charge is 0.366 e. The van der Waals surface area contributed by atoms with Gasteiger partial charge in [-0.1, -0.05) is 26.0 Å². The minimum absolute atomic E-state index is 0.0506. The second-order valence-electron chi connectivity index (χ2n) is 5.56. The van der Waals surface area contributed by atoms with Crippen molar-refractivity contribution in [2.75, 3.05) is 10.6 Å². The van der Waals surface area contributed by atoms with Crippen LogP contribution in [0.2, 0.25) is 0 Å². The van der Waals surface area contributed by atoms with E-state index in [9.17, 15) is 4.79 Å². The van der Waals surface area contributed by atoms with Crippen LogP contribution >= 0.6 is 15.9 Å². The molecule has 0 atom stereocenters. The Kier molecular flexibility index (Phi) is 5.95. The van der Waals surface area contributed by atoms with Crippen LogP contribution in [0.25, 0.3) is 0 Å². The Morgan fingerprint density at radius 2 is 2.09 bits per heavy atom. The van der Waals surface area contributed by atoms with Crippen LogP contribution < -0.4 is 10.6 Å². The minimum Gasteiger partial charge on any atom is -0.366 e. The highest BCUT2D eigenvalue weighted by Gasteiger charge is 2.05. The maximum Gasteiger partial charge on any atom is 0.224 e. The molecule has 1 aromatic carbocycles. The molecule has 1 heterocycles. The lowest BCUT2D eigenvalue weighted by Gasteiger charge is -2.10. The molecule has 0 fully saturated rings. The standard InChI is InChI=1S/C17H20BrN3O/c1-12(2)8-17(22)21-15-5-3-4-13(9-15)10-19-16-7-6-14(18)11-20-16/h3-7,9,11-12H,8,10H2,1-2H3,(H,19,20)(H,21,22). The van der Waals surface area contributed by atoms with Crippen LogP contribution in [0.15, 0.2) is 47.1 Å². The minimum atomic E-state index is 0.0506. The zero-order valence-electron chi connectivity index (χ0n) is 12.8. The molecule has 1 amide bonds. The van der Waals surface area contributed by atoms with Crippen LogP contribution in [0, 0.1) is 5.92 Å². The molecular formula is C17H20BrN3O. The van der Waals surface area contributed by atoms with Gasteiger partial charge in [-0.15, -0.1) is 0 Å². The van der Waals surface area contributed by atoms with Gasteiger partial charge in [0.15, 0.2) is 0 Å². The van der Waals surface area contributed by atoms with Crippen LogP contribution in [0.3, 0.4) is 0 Å². The van der Waals surface area contributed by atoms with Gasteiger partial charge < -0.3 is 10.6 Å². The van der Waals surface area contributed by atoms with Crippen LogP contribution in [0.1, 0.15) is 25.8 Å². The lowest BCUT2D eigenvalue weighted by Crippen LogP contribution is -2.14. The number of hydrogen-bond donors (Lipinski definition) is 2. The number of rotatable bonds is 6. The fourth-order valence-corrected chi connectivity index (χ4v) is 2.25. The summed E-state index contributed by atoms with van der Waals surface area (Å²) in [5.41, 5.74) is 1.92. The summed E-state index contributed by atoms with van der Waals surface area (Å²) in [6.07, 6.45) is 2.29. The van der Waals surface area contributed by atoms with Crippen molar-refractivity contribution in [3.8, 4) is 0 Å². The molecule has 0 spiro atoms. The molecule has 4 nitrogen and oxygen atoms in total. The third-order valence-electron chi connectivity index (χ3n) is 3.01. The number of pyridine rings is 1. The van der Waals surface area contributed by atoms with Crippen molar-refractivity contribution >= 4 is 33.3 Å². The second-order valence-corrected chi connectivity index (χ2v) is 6.48. The SMILES string of the molecule is CC(C)CC(=O)Nc1cccc(CNc2ccc(Br)cn2)c1. The normalized spacial score (nSPS) is 10.5. The summed E-state index contributed by atoms with van der Waals surface area (Å²) in [6.45, 7) is 4.72. The molecule has 0 radical (unpaired) electrons. The molecule has 0 saturated carbocycles. The number of halogens is 1. The van der Waals surface area contributed by atoms with Gasteiger partial charge in [0, 0.05) is 29.3 Å². The van der Waals surface area contributed by atoms with Crippen molar-refractivity contribution in [1.29, 1.82) is 0 Å². The fraction of sp³-hybridized carbons (Fsp3) is 0.294. The molecule has 0 aliphatic rings. The summed E-state index contributed by atoms with van der Waals surface area (Å²) in [7, 11) is 0. The second kappa shape index (κ2) is 7.94. The number of carbonyl (C=O) groups excluding carboxylic acids is 1. The average Bonchev–Trinajstić information content (AvgIpc) is 2.46. The molecular weight excluding hydrogens is 342 g/mol. The molecule has 0 bridgehead atoms. The maximum absolute atomic E-state index is 11.8. The molecule has 0 saturated heterocycles. The number of hydrogen-bond acceptors (Lipinski definition) is 3. The first-order valence-electron chi connectivity index (χ1n) is 7.27. The lowest BCUT2D eigenvalue weighted by atomic mass is 10.1. The Morgan fingerprint density at radius 1 is 1.27 bits per heavy atom. The molecule has 22 heavy (non-hydrogen) atoms. The first-order chi connectivity index (χ1) is 10.5. The van der Waals surface area contributed by atoms with Gasteiger partial charge in [0.25, 0.3) is 0 Å². The summed E-state index contributed by atoms with van der Waals surface area (Å²) >= 11 is 3.36. The van der Waals surface area contributed by atoms with Crippen molar-refractivity contribution in [1.82, 2.24) is 4.98 Å². The highest BCUT2D eigenvalue weighted by Crippen LogP contribution is 2.15. The van der Waals surface area contributed by atoms with Gasteiger partial charge in [0.2, 0.25) is 5.91 Å². The number of carbonyl (C=O) groups is 1.